The molecule has 2 rings (SSSR count). The predicted molar refractivity (Wildman–Crippen MR) is 75.8 cm³/mol. The molecule has 1 unspecified atom stereocenters. The van der Waals surface area contributed by atoms with Crippen LogP contribution in [-0.4, -0.2) is 21.7 Å². The van der Waals surface area contributed by atoms with Crippen molar-refractivity contribution in [1.82, 2.24) is 15.1 Å². The molecule has 0 radical (unpaired) electrons. The molecule has 0 aliphatic rings. The van der Waals surface area contributed by atoms with Crippen LogP contribution in [0.3, 0.4) is 0 Å². The number of nitrogens with zero attached hydrogens (tertiary/aromatic N) is 3. The molecule has 2 heterocycles. The average Bonchev–Trinajstić information content (AvgIpc) is 3.07. The van der Waals surface area contributed by atoms with E-state index >= 15 is 0 Å². The van der Waals surface area contributed by atoms with Gasteiger partial charge in [0.15, 0.2) is 0 Å². The Kier molecular flexibility index (Phi) is 5.47. The van der Waals surface area contributed by atoms with Gasteiger partial charge in [0.1, 0.15) is 0 Å². The summed E-state index contributed by atoms with van der Waals surface area (Å²) in [6, 6.07) is 0. The fourth-order valence-corrected chi connectivity index (χ4v) is 2.73. The van der Waals surface area contributed by atoms with Crippen molar-refractivity contribution in [2.75, 3.05) is 6.54 Å². The third-order valence-corrected chi connectivity index (χ3v) is 3.93. The molecule has 2 aromatic heterocycles. The maximum absolute atomic E-state index is 5.64. The first kappa shape index (κ1) is 14.1. The van der Waals surface area contributed by atoms with Gasteiger partial charge in [0.25, 0.3) is 0 Å². The smallest absolute Gasteiger partial charge is 0.226 e. The van der Waals surface area contributed by atoms with Crippen LogP contribution in [0.15, 0.2) is 16.2 Å². The van der Waals surface area contributed by atoms with Crippen LogP contribution < -0.4 is 5.73 Å². The van der Waals surface area contributed by atoms with Gasteiger partial charge in [0.2, 0.25) is 11.7 Å². The first-order valence-electron chi connectivity index (χ1n) is 6.75. The van der Waals surface area contributed by atoms with Crippen molar-refractivity contribution in [2.45, 2.75) is 39.0 Å². The lowest BCUT2D eigenvalue weighted by molar-refractivity contribution is 0.349. The van der Waals surface area contributed by atoms with Gasteiger partial charge in [-0.15, -0.1) is 11.3 Å². The van der Waals surface area contributed by atoms with Crippen molar-refractivity contribution in [3.63, 3.8) is 0 Å². The van der Waals surface area contributed by atoms with Crippen molar-refractivity contribution in [3.8, 4) is 10.7 Å². The summed E-state index contributed by atoms with van der Waals surface area (Å²) in [4.78, 5) is 9.37. The molecule has 0 aliphatic carbocycles. The number of thiazole rings is 1. The number of rotatable bonds is 8. The van der Waals surface area contributed by atoms with Crippen LogP contribution in [-0.2, 0) is 6.42 Å². The summed E-state index contributed by atoms with van der Waals surface area (Å²) in [6.45, 7) is 2.96. The highest BCUT2D eigenvalue weighted by molar-refractivity contribution is 7.13. The van der Waals surface area contributed by atoms with Crippen molar-refractivity contribution in [2.24, 2.45) is 11.7 Å². The Morgan fingerprint density at radius 1 is 1.37 bits per heavy atom. The number of aryl methyl sites for hydroxylation is 1. The normalized spacial score (nSPS) is 12.7. The van der Waals surface area contributed by atoms with Gasteiger partial charge in [-0.05, 0) is 25.3 Å². The predicted octanol–water partition coefficient (Wildman–Crippen LogP) is 2.89. The Morgan fingerprint density at radius 3 is 2.95 bits per heavy atom. The van der Waals surface area contributed by atoms with E-state index in [1.54, 1.807) is 11.7 Å². The van der Waals surface area contributed by atoms with Crippen LogP contribution in [0.4, 0.5) is 0 Å². The second-order valence-electron chi connectivity index (χ2n) is 4.65. The maximum atomic E-state index is 5.64. The fourth-order valence-electron chi connectivity index (χ4n) is 2.19. The molecule has 2 N–H and O–H groups in total. The van der Waals surface area contributed by atoms with Crippen molar-refractivity contribution < 1.29 is 4.52 Å². The number of aromatic nitrogens is 3. The lowest BCUT2D eigenvalue weighted by Gasteiger charge is -2.13. The summed E-state index contributed by atoms with van der Waals surface area (Å²) < 4.78 is 5.28. The van der Waals surface area contributed by atoms with E-state index in [-0.39, 0.29) is 0 Å². The third-order valence-electron chi connectivity index (χ3n) is 3.16. The zero-order valence-corrected chi connectivity index (χ0v) is 12.0. The summed E-state index contributed by atoms with van der Waals surface area (Å²) >= 11 is 1.52. The topological polar surface area (TPSA) is 77.8 Å². The minimum atomic E-state index is 0.642. The van der Waals surface area contributed by atoms with E-state index in [2.05, 4.69) is 22.0 Å². The van der Waals surface area contributed by atoms with Gasteiger partial charge in [-0.3, -0.25) is 4.98 Å². The SMILES string of the molecule is CCCC(CCN)CCc1nc(-c2cncs2)no1. The van der Waals surface area contributed by atoms with Gasteiger partial charge < -0.3 is 10.3 Å². The minimum Gasteiger partial charge on any atom is -0.339 e. The van der Waals surface area contributed by atoms with Crippen molar-refractivity contribution in [1.29, 1.82) is 0 Å². The zero-order chi connectivity index (χ0) is 13.5. The molecule has 0 aromatic carbocycles. The molecule has 0 amide bonds. The van der Waals surface area contributed by atoms with Crippen molar-refractivity contribution in [3.05, 3.63) is 17.6 Å². The molecular formula is C13H20N4OS. The second-order valence-corrected chi connectivity index (χ2v) is 5.53. The molecule has 1 atom stereocenters. The summed E-state index contributed by atoms with van der Waals surface area (Å²) in [5.74, 6) is 2.01. The van der Waals surface area contributed by atoms with Crippen LogP contribution in [0.5, 0.6) is 0 Å². The Labute approximate surface area is 117 Å². The van der Waals surface area contributed by atoms with Gasteiger partial charge >= 0.3 is 0 Å². The Bertz CT molecular complexity index is 463. The molecule has 5 nitrogen and oxygen atoms in total. The summed E-state index contributed by atoms with van der Waals surface area (Å²) in [7, 11) is 0. The molecule has 6 heteroatoms. The maximum Gasteiger partial charge on any atom is 0.226 e. The van der Waals surface area contributed by atoms with Gasteiger partial charge in [-0.25, -0.2) is 0 Å². The second kappa shape index (κ2) is 7.35. The van der Waals surface area contributed by atoms with Gasteiger partial charge in [0, 0.05) is 12.6 Å². The molecule has 0 aliphatic heterocycles. The molecule has 0 fully saturated rings. The Morgan fingerprint density at radius 2 is 2.26 bits per heavy atom. The van der Waals surface area contributed by atoms with Gasteiger partial charge in [-0.2, -0.15) is 4.98 Å². The van der Waals surface area contributed by atoms with Crippen LogP contribution in [0.1, 0.15) is 38.5 Å². The third kappa shape index (κ3) is 4.11. The largest absolute Gasteiger partial charge is 0.339 e. The lowest BCUT2D eigenvalue weighted by Crippen LogP contribution is -2.09. The summed E-state index contributed by atoms with van der Waals surface area (Å²) in [5.41, 5.74) is 7.41. The average molecular weight is 280 g/mol. The van der Waals surface area contributed by atoms with Crippen LogP contribution in [0.2, 0.25) is 0 Å². The van der Waals surface area contributed by atoms with E-state index in [0.29, 0.717) is 17.6 Å². The highest BCUT2D eigenvalue weighted by Crippen LogP contribution is 2.21. The highest BCUT2D eigenvalue weighted by Gasteiger charge is 2.12. The number of nitrogens with two attached hydrogens (primary N) is 1. The van der Waals surface area contributed by atoms with E-state index in [1.807, 2.05) is 0 Å². The summed E-state index contributed by atoms with van der Waals surface area (Å²) in [5, 5.41) is 3.99. The van der Waals surface area contributed by atoms with Crippen molar-refractivity contribution >= 4 is 11.3 Å². The van der Waals surface area contributed by atoms with Crippen LogP contribution in [0, 0.1) is 5.92 Å². The minimum absolute atomic E-state index is 0.642. The van der Waals surface area contributed by atoms with Gasteiger partial charge in [0.05, 0.1) is 10.4 Å². The lowest BCUT2D eigenvalue weighted by atomic mass is 9.94. The molecular weight excluding hydrogens is 260 g/mol. The number of hydrogen-bond donors (Lipinski definition) is 1. The Balaban J connectivity index is 1.89. The quantitative estimate of drug-likeness (QED) is 0.804. The Hall–Kier alpha value is -1.27. The van der Waals surface area contributed by atoms with E-state index < -0.39 is 0 Å². The molecule has 2 aromatic rings. The standard InChI is InChI=1S/C13H20N4OS/c1-2-3-10(6-7-14)4-5-12-16-13(17-18-12)11-8-15-9-19-11/h8-10H,2-7,14H2,1H3. The van der Waals surface area contributed by atoms with E-state index in [0.717, 1.165) is 30.7 Å². The van der Waals surface area contributed by atoms with Crippen LogP contribution in [0.25, 0.3) is 10.7 Å². The molecule has 104 valence electrons. The molecule has 0 saturated carbocycles. The molecule has 0 spiro atoms. The van der Waals surface area contributed by atoms with Crippen LogP contribution >= 0.6 is 11.3 Å². The molecule has 0 bridgehead atoms. The van der Waals surface area contributed by atoms with E-state index in [1.165, 1.54) is 24.2 Å². The number of hydrogen-bond acceptors (Lipinski definition) is 6. The fraction of sp³-hybridized carbons (Fsp3) is 0.615. The molecule has 0 saturated heterocycles. The molecule has 19 heavy (non-hydrogen) atoms. The zero-order valence-electron chi connectivity index (χ0n) is 11.2. The van der Waals surface area contributed by atoms with E-state index in [4.69, 9.17) is 10.3 Å². The van der Waals surface area contributed by atoms with Gasteiger partial charge in [-0.1, -0.05) is 24.9 Å². The first-order chi connectivity index (χ1) is 9.33. The summed E-state index contributed by atoms with van der Waals surface area (Å²) in [6.07, 6.45) is 7.14. The monoisotopic (exact) mass is 280 g/mol. The first-order valence-corrected chi connectivity index (χ1v) is 7.63. The van der Waals surface area contributed by atoms with E-state index in [9.17, 15) is 0 Å². The highest BCUT2D eigenvalue weighted by atomic mass is 32.1.